The smallest absolute Gasteiger partial charge is 0.191 e. The summed E-state index contributed by atoms with van der Waals surface area (Å²) in [4.78, 5) is 9.22. The molecule has 2 N–H and O–H groups in total. The highest BCUT2D eigenvalue weighted by atomic mass is 16.5. The summed E-state index contributed by atoms with van der Waals surface area (Å²) < 4.78 is 7.91. The molecule has 142 valence electrons. The zero-order chi connectivity index (χ0) is 18.7. The van der Waals surface area contributed by atoms with E-state index in [4.69, 9.17) is 9.73 Å². The van der Waals surface area contributed by atoms with Crippen LogP contribution in [0.4, 0.5) is 0 Å². The molecule has 0 amide bonds. The van der Waals surface area contributed by atoms with E-state index in [0.29, 0.717) is 18.5 Å². The van der Waals surface area contributed by atoms with Gasteiger partial charge in [0.2, 0.25) is 0 Å². The van der Waals surface area contributed by atoms with Crippen LogP contribution in [0.1, 0.15) is 53.8 Å². The van der Waals surface area contributed by atoms with E-state index in [9.17, 15) is 0 Å². The molecule has 25 heavy (non-hydrogen) atoms. The summed E-state index contributed by atoms with van der Waals surface area (Å²) >= 11 is 0. The highest BCUT2D eigenvalue weighted by molar-refractivity contribution is 5.80. The number of rotatable bonds is 7. The zero-order valence-electron chi connectivity index (χ0n) is 16.9. The maximum absolute atomic E-state index is 5.72. The van der Waals surface area contributed by atoms with E-state index >= 15 is 0 Å². The summed E-state index contributed by atoms with van der Waals surface area (Å²) in [5, 5.41) is 6.93. The lowest BCUT2D eigenvalue weighted by atomic mass is 9.56. The van der Waals surface area contributed by atoms with Gasteiger partial charge in [-0.25, -0.2) is 9.98 Å². The summed E-state index contributed by atoms with van der Waals surface area (Å²) in [5.41, 5.74) is -0.0381. The molecular weight excluding hydrogens is 314 g/mol. The monoisotopic (exact) mass is 349 g/mol. The van der Waals surface area contributed by atoms with Crippen molar-refractivity contribution in [2.45, 2.75) is 72.7 Å². The molecule has 6 heteroatoms. The van der Waals surface area contributed by atoms with Gasteiger partial charge in [-0.15, -0.1) is 0 Å². The summed E-state index contributed by atoms with van der Waals surface area (Å²) in [6, 6.07) is 0.339. The fraction of sp³-hybridized carbons (Fsp3) is 0.789. The molecule has 2 atom stereocenters. The molecule has 1 heterocycles. The number of aromatic nitrogens is 2. The summed E-state index contributed by atoms with van der Waals surface area (Å²) in [7, 11) is 1.80. The molecule has 0 bridgehead atoms. The van der Waals surface area contributed by atoms with Crippen LogP contribution in [0.15, 0.2) is 17.4 Å². The number of aliphatic imine (C=N–C) groups is 1. The Kier molecular flexibility index (Phi) is 6.14. The van der Waals surface area contributed by atoms with Crippen molar-refractivity contribution in [1.29, 1.82) is 0 Å². The number of methoxy groups -OCH3 is 1. The molecule has 0 saturated heterocycles. The first kappa shape index (κ1) is 19.8. The number of nitrogens with zero attached hydrogens (tertiary/aromatic N) is 3. The fourth-order valence-corrected chi connectivity index (χ4v) is 3.41. The van der Waals surface area contributed by atoms with Gasteiger partial charge in [-0.1, -0.05) is 27.7 Å². The quantitative estimate of drug-likeness (QED) is 0.587. The van der Waals surface area contributed by atoms with Crippen LogP contribution in [0.5, 0.6) is 0 Å². The Hall–Kier alpha value is -1.56. The van der Waals surface area contributed by atoms with Crippen molar-refractivity contribution in [3.05, 3.63) is 18.2 Å². The molecule has 6 nitrogen and oxygen atoms in total. The van der Waals surface area contributed by atoms with Gasteiger partial charge in [0, 0.05) is 44.0 Å². The van der Waals surface area contributed by atoms with Crippen molar-refractivity contribution in [1.82, 2.24) is 20.2 Å². The predicted octanol–water partition coefficient (Wildman–Crippen LogP) is 2.80. The van der Waals surface area contributed by atoms with E-state index in [1.54, 1.807) is 7.11 Å². The Morgan fingerprint density at radius 2 is 2.16 bits per heavy atom. The average molecular weight is 350 g/mol. The molecule has 0 spiro atoms. The largest absolute Gasteiger partial charge is 0.378 e. The standard InChI is InChI=1S/C19H35N5O/c1-8-20-17(23-15-11-19(6,25-7)18(15,4)5)22-12-16-21-9-10-24(16)13-14(2)3/h9-10,14-15H,8,11-13H2,1-7H3,(H2,20,22,23). The summed E-state index contributed by atoms with van der Waals surface area (Å²) in [6.45, 7) is 15.6. The van der Waals surface area contributed by atoms with Crippen molar-refractivity contribution in [2.75, 3.05) is 13.7 Å². The van der Waals surface area contributed by atoms with Crippen molar-refractivity contribution in [3.63, 3.8) is 0 Å². The molecule has 0 aliphatic heterocycles. The van der Waals surface area contributed by atoms with Crippen molar-refractivity contribution in [3.8, 4) is 0 Å². The Morgan fingerprint density at radius 1 is 1.44 bits per heavy atom. The second-order valence-corrected chi connectivity index (χ2v) is 8.14. The normalized spacial score (nSPS) is 25.8. The second kappa shape index (κ2) is 7.77. The third-order valence-corrected chi connectivity index (χ3v) is 5.68. The van der Waals surface area contributed by atoms with E-state index in [2.05, 4.69) is 61.7 Å². The van der Waals surface area contributed by atoms with E-state index < -0.39 is 0 Å². The van der Waals surface area contributed by atoms with Crippen LogP contribution in [0.3, 0.4) is 0 Å². The van der Waals surface area contributed by atoms with Crippen LogP contribution in [0, 0.1) is 11.3 Å². The molecule has 0 aromatic carbocycles. The van der Waals surface area contributed by atoms with Crippen LogP contribution in [-0.4, -0.2) is 40.8 Å². The third kappa shape index (κ3) is 4.17. The zero-order valence-corrected chi connectivity index (χ0v) is 16.9. The number of hydrogen-bond acceptors (Lipinski definition) is 3. The fourth-order valence-electron chi connectivity index (χ4n) is 3.41. The Morgan fingerprint density at radius 3 is 2.72 bits per heavy atom. The number of nitrogens with one attached hydrogen (secondary N) is 2. The lowest BCUT2D eigenvalue weighted by molar-refractivity contribution is -0.176. The first-order valence-corrected chi connectivity index (χ1v) is 9.33. The minimum atomic E-state index is -0.0878. The predicted molar refractivity (Wildman–Crippen MR) is 103 cm³/mol. The molecule has 1 aromatic rings. The van der Waals surface area contributed by atoms with Gasteiger partial charge >= 0.3 is 0 Å². The maximum atomic E-state index is 5.72. The molecule has 1 aliphatic carbocycles. The van der Waals surface area contributed by atoms with Crippen LogP contribution in [0.25, 0.3) is 0 Å². The highest BCUT2D eigenvalue weighted by Gasteiger charge is 2.58. The first-order valence-electron chi connectivity index (χ1n) is 9.33. The maximum Gasteiger partial charge on any atom is 0.191 e. The first-order chi connectivity index (χ1) is 11.7. The van der Waals surface area contributed by atoms with E-state index in [-0.39, 0.29) is 11.0 Å². The van der Waals surface area contributed by atoms with Gasteiger partial charge in [0.05, 0.1) is 5.60 Å². The van der Waals surface area contributed by atoms with Crippen LogP contribution < -0.4 is 10.6 Å². The molecule has 0 radical (unpaired) electrons. The average Bonchev–Trinajstić information content (AvgIpc) is 2.98. The Labute approximate surface area is 152 Å². The number of ether oxygens (including phenoxy) is 1. The van der Waals surface area contributed by atoms with Gasteiger partial charge < -0.3 is 19.9 Å². The van der Waals surface area contributed by atoms with Gasteiger partial charge in [0.25, 0.3) is 0 Å². The minimum absolute atomic E-state index is 0.0497. The van der Waals surface area contributed by atoms with Crippen LogP contribution >= 0.6 is 0 Å². The van der Waals surface area contributed by atoms with Gasteiger partial charge in [-0.3, -0.25) is 0 Å². The molecule has 1 aliphatic rings. The number of guanidine groups is 1. The topological polar surface area (TPSA) is 63.5 Å². The lowest BCUT2D eigenvalue weighted by Crippen LogP contribution is -2.69. The third-order valence-electron chi connectivity index (χ3n) is 5.68. The minimum Gasteiger partial charge on any atom is -0.378 e. The lowest BCUT2D eigenvalue weighted by Gasteiger charge is -2.59. The van der Waals surface area contributed by atoms with Gasteiger partial charge in [0.1, 0.15) is 12.4 Å². The van der Waals surface area contributed by atoms with Gasteiger partial charge in [-0.05, 0) is 26.2 Å². The van der Waals surface area contributed by atoms with Crippen molar-refractivity contribution < 1.29 is 4.74 Å². The molecular formula is C19H35N5O. The second-order valence-electron chi connectivity index (χ2n) is 8.14. The van der Waals surface area contributed by atoms with E-state index in [0.717, 1.165) is 31.3 Å². The molecule has 1 aromatic heterocycles. The Bertz CT molecular complexity index is 592. The molecule has 2 unspecified atom stereocenters. The number of imidazole rings is 1. The molecule has 1 fully saturated rings. The SMILES string of the molecule is CCNC(=NCc1nccn1CC(C)C)NC1CC(C)(OC)C1(C)C. The van der Waals surface area contributed by atoms with Gasteiger partial charge in [-0.2, -0.15) is 0 Å². The highest BCUT2D eigenvalue weighted by Crippen LogP contribution is 2.51. The molecule has 2 rings (SSSR count). The Balaban J connectivity index is 2.04. The van der Waals surface area contributed by atoms with Crippen molar-refractivity contribution in [2.24, 2.45) is 16.3 Å². The van der Waals surface area contributed by atoms with Crippen LogP contribution in [0.2, 0.25) is 0 Å². The number of hydrogen-bond donors (Lipinski definition) is 2. The van der Waals surface area contributed by atoms with Crippen molar-refractivity contribution >= 4 is 5.96 Å². The summed E-state index contributed by atoms with van der Waals surface area (Å²) in [6.07, 6.45) is 4.86. The molecule has 1 saturated carbocycles. The summed E-state index contributed by atoms with van der Waals surface area (Å²) in [5.74, 6) is 2.43. The van der Waals surface area contributed by atoms with Crippen LogP contribution in [-0.2, 0) is 17.8 Å². The van der Waals surface area contributed by atoms with Gasteiger partial charge in [0.15, 0.2) is 5.96 Å². The van der Waals surface area contributed by atoms with E-state index in [1.807, 2.05) is 12.4 Å². The van der Waals surface area contributed by atoms with E-state index in [1.165, 1.54) is 0 Å².